The number of carboxylic acid groups (broad SMARTS) is 1. The molecule has 1 aromatic carbocycles. The van der Waals surface area contributed by atoms with Gasteiger partial charge in [-0.1, -0.05) is 34.8 Å². The number of hydrogen-bond acceptors (Lipinski definition) is 4. The fourth-order valence-corrected chi connectivity index (χ4v) is 3.08. The van der Waals surface area contributed by atoms with E-state index in [9.17, 15) is 18.7 Å². The maximum absolute atomic E-state index is 13.7. The van der Waals surface area contributed by atoms with Crippen LogP contribution in [0.2, 0.25) is 0 Å². The number of carboxylic acids is 1. The molecular weight excluding hydrogens is 605 g/mol. The number of hydrogen-bond donors (Lipinski definition) is 0. The van der Waals surface area contributed by atoms with Gasteiger partial charge in [0.25, 0.3) is 3.79 Å². The van der Waals surface area contributed by atoms with Gasteiger partial charge in [0, 0.05) is 3.57 Å². The SMILES string of the molecule is O=C([O-])COc1cc(I)cc(I)c1OC(F)(F)C(Cl)(Cl)Cl.[Na+]. The fraction of sp³-hybridized carbons (Fsp3) is 0.300. The van der Waals surface area contributed by atoms with Gasteiger partial charge in [-0.15, -0.1) is 0 Å². The van der Waals surface area contributed by atoms with Gasteiger partial charge >= 0.3 is 35.7 Å². The smallest absolute Gasteiger partial charge is 0.546 e. The molecule has 0 heterocycles. The van der Waals surface area contributed by atoms with E-state index >= 15 is 0 Å². The van der Waals surface area contributed by atoms with E-state index in [4.69, 9.17) is 39.5 Å². The molecule has 1 aromatic rings. The second-order valence-corrected chi connectivity index (χ2v) is 8.18. The molecule has 1 rings (SSSR count). The summed E-state index contributed by atoms with van der Waals surface area (Å²) < 4.78 is 34.5. The van der Waals surface area contributed by atoms with Crippen LogP contribution >= 0.6 is 80.0 Å². The van der Waals surface area contributed by atoms with Gasteiger partial charge in [-0.3, -0.25) is 0 Å². The molecule has 4 nitrogen and oxygen atoms in total. The largest absolute Gasteiger partial charge is 1.00 e. The summed E-state index contributed by atoms with van der Waals surface area (Å²) in [5.74, 6) is -2.19. The first kappa shape index (κ1) is 23.5. The molecule has 0 aliphatic carbocycles. The summed E-state index contributed by atoms with van der Waals surface area (Å²) in [5, 5.41) is 10.4. The number of carbonyl (C=O) groups is 1. The molecular formula is C10H4Cl3F2I2NaO4. The van der Waals surface area contributed by atoms with E-state index in [1.165, 1.54) is 12.1 Å². The zero-order valence-electron chi connectivity index (χ0n) is 10.6. The topological polar surface area (TPSA) is 58.6 Å². The Morgan fingerprint density at radius 1 is 1.27 bits per heavy atom. The van der Waals surface area contributed by atoms with E-state index in [1.54, 1.807) is 22.6 Å². The van der Waals surface area contributed by atoms with Crippen LogP contribution in [0.4, 0.5) is 8.78 Å². The number of alkyl halides is 5. The number of carbonyl (C=O) groups excluding carboxylic acids is 1. The molecule has 0 aromatic heterocycles. The molecule has 0 unspecified atom stereocenters. The average molecular weight is 609 g/mol. The van der Waals surface area contributed by atoms with Gasteiger partial charge in [0.1, 0.15) is 6.61 Å². The van der Waals surface area contributed by atoms with Crippen LogP contribution in [0.15, 0.2) is 12.1 Å². The van der Waals surface area contributed by atoms with E-state index in [0.29, 0.717) is 3.57 Å². The maximum atomic E-state index is 13.7. The van der Waals surface area contributed by atoms with Gasteiger partial charge in [0.2, 0.25) is 0 Å². The molecule has 0 aliphatic heterocycles. The summed E-state index contributed by atoms with van der Waals surface area (Å²) in [7, 11) is 0. The minimum atomic E-state index is -4.15. The third kappa shape index (κ3) is 6.77. The Kier molecular flexibility index (Phi) is 9.88. The quantitative estimate of drug-likeness (QED) is 0.275. The Balaban J connectivity index is 0.00000441. The summed E-state index contributed by atoms with van der Waals surface area (Å²) in [6.07, 6.45) is -4.15. The number of benzene rings is 1. The molecule has 0 spiro atoms. The van der Waals surface area contributed by atoms with E-state index in [-0.39, 0.29) is 38.9 Å². The second kappa shape index (κ2) is 9.25. The number of aliphatic carboxylic acids is 1. The first-order valence-electron chi connectivity index (χ1n) is 4.89. The molecule has 0 amide bonds. The van der Waals surface area contributed by atoms with Gasteiger partial charge in [-0.25, -0.2) is 0 Å². The fourth-order valence-electron chi connectivity index (χ4n) is 1.07. The third-order valence-electron chi connectivity index (χ3n) is 1.88. The molecule has 0 saturated heterocycles. The van der Waals surface area contributed by atoms with Crippen molar-refractivity contribution in [2.45, 2.75) is 9.90 Å². The molecule has 0 fully saturated rings. The Hall–Kier alpha value is 1.48. The summed E-state index contributed by atoms with van der Waals surface area (Å²) in [5.41, 5.74) is 0. The summed E-state index contributed by atoms with van der Waals surface area (Å²) in [4.78, 5) is 10.4. The minimum Gasteiger partial charge on any atom is -0.546 e. The van der Waals surface area contributed by atoms with Crippen LogP contribution in [-0.4, -0.2) is 22.5 Å². The zero-order valence-corrected chi connectivity index (χ0v) is 19.2. The summed E-state index contributed by atoms with van der Waals surface area (Å²) in [6.45, 7) is -0.841. The zero-order chi connectivity index (χ0) is 16.4. The predicted octanol–water partition coefficient (Wildman–Crippen LogP) is 0.370. The van der Waals surface area contributed by atoms with Gasteiger partial charge < -0.3 is 19.4 Å². The van der Waals surface area contributed by atoms with Gasteiger partial charge in [0.15, 0.2) is 11.5 Å². The third-order valence-corrected chi connectivity index (χ3v) is 3.96. The molecule has 0 saturated carbocycles. The Labute approximate surface area is 188 Å². The Bertz CT molecular complexity index is 558. The monoisotopic (exact) mass is 608 g/mol. The van der Waals surface area contributed by atoms with Crippen molar-refractivity contribution in [3.05, 3.63) is 19.3 Å². The molecule has 0 bridgehead atoms. The van der Waals surface area contributed by atoms with Crippen LogP contribution in [0.3, 0.4) is 0 Å². The van der Waals surface area contributed by atoms with Crippen LogP contribution in [0, 0.1) is 7.14 Å². The first-order chi connectivity index (χ1) is 9.44. The van der Waals surface area contributed by atoms with Crippen molar-refractivity contribution in [3.63, 3.8) is 0 Å². The number of rotatable bonds is 5. The summed E-state index contributed by atoms with van der Waals surface area (Å²) in [6, 6.07) is 2.80. The average Bonchev–Trinajstić information content (AvgIpc) is 2.28. The molecule has 0 radical (unpaired) electrons. The maximum Gasteiger partial charge on any atom is 1.00 e. The molecule has 118 valence electrons. The van der Waals surface area contributed by atoms with Crippen LogP contribution < -0.4 is 44.1 Å². The van der Waals surface area contributed by atoms with Gasteiger partial charge in [-0.05, 0) is 57.3 Å². The van der Waals surface area contributed by atoms with Crippen molar-refractivity contribution < 1.29 is 57.7 Å². The van der Waals surface area contributed by atoms with Crippen molar-refractivity contribution in [1.82, 2.24) is 0 Å². The van der Waals surface area contributed by atoms with Crippen LogP contribution in [0.5, 0.6) is 11.5 Å². The normalized spacial score (nSPS) is 11.6. The van der Waals surface area contributed by atoms with Gasteiger partial charge in [0.05, 0.1) is 9.54 Å². The molecule has 22 heavy (non-hydrogen) atoms. The molecule has 0 aliphatic rings. The Morgan fingerprint density at radius 2 is 1.82 bits per heavy atom. The van der Waals surface area contributed by atoms with Crippen molar-refractivity contribution >= 4 is 86.0 Å². The van der Waals surface area contributed by atoms with Crippen LogP contribution in [0.25, 0.3) is 0 Å². The second-order valence-electron chi connectivity index (χ2n) is 3.49. The van der Waals surface area contributed by atoms with Crippen molar-refractivity contribution in [1.29, 1.82) is 0 Å². The molecule has 12 heteroatoms. The molecule has 0 N–H and O–H groups in total. The van der Waals surface area contributed by atoms with E-state index < -0.39 is 28.2 Å². The standard InChI is InChI=1S/C10H5Cl3F2I2O4.Na/c11-9(12,13)10(14,15)21-8-5(17)1-4(16)2-6(8)20-3-7(18)19;/h1-2H,3H2,(H,18,19);/q;+1/p-1. The van der Waals surface area contributed by atoms with E-state index in [1.807, 2.05) is 22.6 Å². The van der Waals surface area contributed by atoms with Crippen molar-refractivity contribution in [2.24, 2.45) is 0 Å². The van der Waals surface area contributed by atoms with Crippen molar-refractivity contribution in [3.8, 4) is 11.5 Å². The predicted molar refractivity (Wildman–Crippen MR) is 88.2 cm³/mol. The van der Waals surface area contributed by atoms with E-state index in [2.05, 4.69) is 4.74 Å². The van der Waals surface area contributed by atoms with Crippen LogP contribution in [0.1, 0.15) is 0 Å². The first-order valence-corrected chi connectivity index (χ1v) is 8.18. The van der Waals surface area contributed by atoms with Gasteiger partial charge in [-0.2, -0.15) is 8.78 Å². The molecule has 0 atom stereocenters. The number of ether oxygens (including phenoxy) is 2. The Morgan fingerprint density at radius 3 is 2.27 bits per heavy atom. The summed E-state index contributed by atoms with van der Waals surface area (Å²) >= 11 is 19.0. The number of halogens is 7. The van der Waals surface area contributed by atoms with E-state index in [0.717, 1.165) is 0 Å². The van der Waals surface area contributed by atoms with Crippen LogP contribution in [-0.2, 0) is 4.79 Å². The minimum absolute atomic E-state index is 0. The van der Waals surface area contributed by atoms with Crippen molar-refractivity contribution in [2.75, 3.05) is 6.61 Å².